The number of carbonyl (C=O) groups excluding carboxylic acids is 1. The molecule has 0 saturated carbocycles. The van der Waals surface area contributed by atoms with Crippen LogP contribution in [0.1, 0.15) is 31.3 Å². The van der Waals surface area contributed by atoms with Gasteiger partial charge in [0.2, 0.25) is 0 Å². The van der Waals surface area contributed by atoms with Gasteiger partial charge in [0.05, 0.1) is 6.07 Å². The lowest BCUT2D eigenvalue weighted by Crippen LogP contribution is -2.40. The molecule has 13 heavy (non-hydrogen) atoms. The average molecular weight is 184 g/mol. The number of aromatic amines is 1. The molecule has 1 aromatic heterocycles. The highest BCUT2D eigenvalue weighted by molar-refractivity contribution is 5.92. The van der Waals surface area contributed by atoms with Crippen LogP contribution in [0.4, 0.5) is 0 Å². The van der Waals surface area contributed by atoms with Gasteiger partial charge in [-0.15, -0.1) is 0 Å². The maximum atomic E-state index is 11.3. The van der Waals surface area contributed by atoms with Crippen LogP contribution in [0.5, 0.6) is 0 Å². The van der Waals surface area contributed by atoms with Crippen LogP contribution >= 0.6 is 0 Å². The molecule has 0 bridgehead atoms. The summed E-state index contributed by atoms with van der Waals surface area (Å²) in [7, 11) is 0. The lowest BCUT2D eigenvalue weighted by atomic mass is 10.1. The van der Waals surface area contributed by atoms with Gasteiger partial charge in [0.15, 0.2) is 0 Å². The summed E-state index contributed by atoms with van der Waals surface area (Å²) >= 11 is 0. The molecule has 5 nitrogen and oxygen atoms in total. The zero-order valence-electron chi connectivity index (χ0n) is 7.80. The zero-order chi connectivity index (χ0) is 10.1. The van der Waals surface area contributed by atoms with Crippen molar-refractivity contribution in [3.05, 3.63) is 22.2 Å². The maximum absolute atomic E-state index is 11.3. The minimum absolute atomic E-state index is 0.139. The molecular formula is C8H12N2O3. The number of rotatable bonds is 1. The van der Waals surface area contributed by atoms with Crippen molar-refractivity contribution < 1.29 is 9.32 Å². The topological polar surface area (TPSA) is 75.1 Å². The van der Waals surface area contributed by atoms with Crippen LogP contribution in [0.15, 0.2) is 15.4 Å². The number of H-pyrrole nitrogens is 1. The lowest BCUT2D eigenvalue weighted by Gasteiger charge is -2.19. The molecule has 0 unspecified atom stereocenters. The quantitative estimate of drug-likeness (QED) is 0.667. The summed E-state index contributed by atoms with van der Waals surface area (Å²) in [5.41, 5.74) is -0.746. The van der Waals surface area contributed by atoms with Gasteiger partial charge in [-0.3, -0.25) is 4.79 Å². The smallest absolute Gasteiger partial charge is 0.346 e. The lowest BCUT2D eigenvalue weighted by molar-refractivity contribution is 0.0910. The van der Waals surface area contributed by atoms with Crippen LogP contribution in [0, 0.1) is 0 Å². The predicted molar refractivity (Wildman–Crippen MR) is 46.5 cm³/mol. The van der Waals surface area contributed by atoms with Crippen molar-refractivity contribution >= 4 is 5.91 Å². The van der Waals surface area contributed by atoms with E-state index in [1.807, 2.05) is 20.8 Å². The molecule has 1 aromatic rings. The normalized spacial score (nSPS) is 11.3. The van der Waals surface area contributed by atoms with Crippen LogP contribution in [-0.2, 0) is 0 Å². The molecule has 0 fully saturated rings. The highest BCUT2D eigenvalue weighted by Crippen LogP contribution is 2.00. The third-order valence-electron chi connectivity index (χ3n) is 1.26. The molecule has 0 aromatic carbocycles. The van der Waals surface area contributed by atoms with Crippen molar-refractivity contribution in [3.63, 3.8) is 0 Å². The molecule has 72 valence electrons. The summed E-state index contributed by atoms with van der Waals surface area (Å²) in [5.74, 6) is -0.349. The standard InChI is InChI=1S/C8H12N2O3/c1-8(2,3)9-7(12)5-4-6(11)13-10-5/h4,10H,1-3H3,(H,9,12). The molecule has 0 aliphatic carbocycles. The highest BCUT2D eigenvalue weighted by Gasteiger charge is 2.16. The molecular weight excluding hydrogens is 172 g/mol. The van der Waals surface area contributed by atoms with Gasteiger partial charge in [-0.1, -0.05) is 0 Å². The Bertz CT molecular complexity index is 356. The van der Waals surface area contributed by atoms with E-state index in [0.717, 1.165) is 6.07 Å². The third kappa shape index (κ3) is 2.77. The van der Waals surface area contributed by atoms with E-state index in [-0.39, 0.29) is 17.1 Å². The molecule has 0 radical (unpaired) electrons. The second kappa shape index (κ2) is 3.08. The molecule has 0 atom stereocenters. The minimum atomic E-state index is -0.556. The Morgan fingerprint density at radius 3 is 2.54 bits per heavy atom. The van der Waals surface area contributed by atoms with Crippen molar-refractivity contribution in [2.75, 3.05) is 0 Å². The number of amides is 1. The van der Waals surface area contributed by atoms with Crippen molar-refractivity contribution in [2.24, 2.45) is 0 Å². The van der Waals surface area contributed by atoms with E-state index >= 15 is 0 Å². The van der Waals surface area contributed by atoms with Gasteiger partial charge in [-0.2, -0.15) is 0 Å². The SMILES string of the molecule is CC(C)(C)NC(=O)c1cc(=O)o[nH]1. The Labute approximate surface area is 75.1 Å². The monoisotopic (exact) mass is 184 g/mol. The Morgan fingerprint density at radius 1 is 1.54 bits per heavy atom. The minimum Gasteiger partial charge on any atom is -0.346 e. The number of hydrogen-bond donors (Lipinski definition) is 2. The van der Waals surface area contributed by atoms with Gasteiger partial charge in [-0.25, -0.2) is 9.95 Å². The Hall–Kier alpha value is -1.52. The van der Waals surface area contributed by atoms with Crippen molar-refractivity contribution in [3.8, 4) is 0 Å². The first-order chi connectivity index (χ1) is 5.88. The van der Waals surface area contributed by atoms with Gasteiger partial charge in [-0.05, 0) is 20.8 Å². The molecule has 0 aliphatic heterocycles. The van der Waals surface area contributed by atoms with Gasteiger partial charge in [0, 0.05) is 5.54 Å². The maximum Gasteiger partial charge on any atom is 0.358 e. The van der Waals surface area contributed by atoms with Crippen molar-refractivity contribution in [1.82, 2.24) is 10.5 Å². The van der Waals surface area contributed by atoms with Gasteiger partial charge >= 0.3 is 5.63 Å². The van der Waals surface area contributed by atoms with Crippen LogP contribution in [0.25, 0.3) is 0 Å². The van der Waals surface area contributed by atoms with E-state index in [9.17, 15) is 9.59 Å². The van der Waals surface area contributed by atoms with Gasteiger partial charge in [0.25, 0.3) is 5.91 Å². The molecule has 1 heterocycles. The molecule has 1 rings (SSSR count). The fourth-order valence-electron chi connectivity index (χ4n) is 0.802. The molecule has 5 heteroatoms. The fourth-order valence-corrected chi connectivity index (χ4v) is 0.802. The second-order valence-electron chi connectivity index (χ2n) is 3.79. The third-order valence-corrected chi connectivity index (χ3v) is 1.26. The van der Waals surface area contributed by atoms with Crippen LogP contribution < -0.4 is 10.9 Å². The number of aromatic nitrogens is 1. The number of hydrogen-bond acceptors (Lipinski definition) is 3. The molecule has 0 spiro atoms. The van der Waals surface area contributed by atoms with E-state index < -0.39 is 5.63 Å². The Kier molecular flexibility index (Phi) is 2.27. The average Bonchev–Trinajstić information content (AvgIpc) is 2.31. The van der Waals surface area contributed by atoms with Crippen molar-refractivity contribution in [1.29, 1.82) is 0 Å². The first-order valence-corrected chi connectivity index (χ1v) is 3.89. The van der Waals surface area contributed by atoms with E-state index in [0.29, 0.717) is 0 Å². The van der Waals surface area contributed by atoms with E-state index in [4.69, 9.17) is 0 Å². The van der Waals surface area contributed by atoms with Gasteiger partial charge in [0.1, 0.15) is 5.69 Å². The summed E-state index contributed by atoms with van der Waals surface area (Å²) < 4.78 is 4.36. The first kappa shape index (κ1) is 9.57. The van der Waals surface area contributed by atoms with Gasteiger partial charge < -0.3 is 9.84 Å². The van der Waals surface area contributed by atoms with Crippen molar-refractivity contribution in [2.45, 2.75) is 26.3 Å². The summed E-state index contributed by atoms with van der Waals surface area (Å²) in [5, 5.41) is 4.91. The Balaban J connectivity index is 2.75. The Morgan fingerprint density at radius 2 is 2.15 bits per heavy atom. The summed E-state index contributed by atoms with van der Waals surface area (Å²) in [6, 6.07) is 1.11. The first-order valence-electron chi connectivity index (χ1n) is 3.89. The molecule has 0 saturated heterocycles. The summed E-state index contributed by atoms with van der Waals surface area (Å²) in [4.78, 5) is 21.9. The summed E-state index contributed by atoms with van der Waals surface area (Å²) in [6.45, 7) is 5.55. The van der Waals surface area contributed by atoms with Crippen LogP contribution in [-0.4, -0.2) is 16.6 Å². The largest absolute Gasteiger partial charge is 0.358 e. The predicted octanol–water partition coefficient (Wildman–Crippen LogP) is 0.496. The van der Waals surface area contributed by atoms with E-state index in [1.54, 1.807) is 0 Å². The van der Waals surface area contributed by atoms with Crippen LogP contribution in [0.2, 0.25) is 0 Å². The molecule has 0 aliphatic rings. The second-order valence-corrected chi connectivity index (χ2v) is 3.79. The van der Waals surface area contributed by atoms with E-state index in [1.165, 1.54) is 0 Å². The zero-order valence-corrected chi connectivity index (χ0v) is 7.80. The molecule has 2 N–H and O–H groups in total. The highest BCUT2D eigenvalue weighted by atomic mass is 16.5. The fraction of sp³-hybridized carbons (Fsp3) is 0.500. The van der Waals surface area contributed by atoms with Crippen LogP contribution in [0.3, 0.4) is 0 Å². The number of nitrogens with one attached hydrogen (secondary N) is 2. The summed E-state index contributed by atoms with van der Waals surface area (Å²) in [6.07, 6.45) is 0. The van der Waals surface area contributed by atoms with E-state index in [2.05, 4.69) is 15.0 Å². The number of carbonyl (C=O) groups is 1. The molecule has 1 amide bonds.